The number of aliphatic hydroxyl groups excluding tert-OH is 1. The Labute approximate surface area is 113 Å². The van der Waals surface area contributed by atoms with E-state index in [-0.39, 0.29) is 18.8 Å². The maximum absolute atomic E-state index is 9.34. The molecule has 0 aliphatic carbocycles. The summed E-state index contributed by atoms with van der Waals surface area (Å²) in [5.74, 6) is 1.20. The van der Waals surface area contributed by atoms with Gasteiger partial charge in [0.25, 0.3) is 0 Å². The summed E-state index contributed by atoms with van der Waals surface area (Å²) in [6.07, 6.45) is 1.99. The van der Waals surface area contributed by atoms with Crippen LogP contribution in [0.4, 0.5) is 0 Å². The zero-order valence-electron chi connectivity index (χ0n) is 11.2. The molecule has 0 spiro atoms. The normalized spacial score (nSPS) is 30.1. The van der Waals surface area contributed by atoms with E-state index in [1.807, 2.05) is 12.1 Å². The van der Waals surface area contributed by atoms with Crippen molar-refractivity contribution in [1.82, 2.24) is 0 Å². The highest BCUT2D eigenvalue weighted by atomic mass is 16.6. The van der Waals surface area contributed by atoms with Crippen LogP contribution in [0.5, 0.6) is 5.75 Å². The minimum absolute atomic E-state index is 0.0419. The van der Waals surface area contributed by atoms with Crippen molar-refractivity contribution in [2.24, 2.45) is 5.92 Å². The number of ether oxygens (including phenoxy) is 3. The average Bonchev–Trinajstić information content (AvgIpc) is 3.31. The van der Waals surface area contributed by atoms with Crippen LogP contribution < -0.4 is 4.74 Å². The maximum Gasteiger partial charge on any atom is 0.125 e. The molecule has 104 valence electrons. The molecule has 2 aliphatic rings. The minimum Gasteiger partial charge on any atom is -0.496 e. The van der Waals surface area contributed by atoms with Gasteiger partial charge in [-0.25, -0.2) is 0 Å². The number of aliphatic hydroxyl groups is 1. The van der Waals surface area contributed by atoms with Gasteiger partial charge in [-0.05, 0) is 30.4 Å². The van der Waals surface area contributed by atoms with E-state index in [0.29, 0.717) is 12.5 Å². The van der Waals surface area contributed by atoms with Crippen molar-refractivity contribution >= 4 is 0 Å². The van der Waals surface area contributed by atoms with Crippen molar-refractivity contribution < 1.29 is 19.3 Å². The number of methoxy groups -OCH3 is 1. The fourth-order valence-electron chi connectivity index (χ4n) is 2.83. The topological polar surface area (TPSA) is 51.2 Å². The summed E-state index contributed by atoms with van der Waals surface area (Å²) in [5, 5.41) is 9.34. The Kier molecular flexibility index (Phi) is 3.73. The van der Waals surface area contributed by atoms with E-state index in [1.165, 1.54) is 0 Å². The van der Waals surface area contributed by atoms with Gasteiger partial charge in [0.1, 0.15) is 11.9 Å². The molecule has 3 atom stereocenters. The van der Waals surface area contributed by atoms with Crippen LogP contribution in [0.25, 0.3) is 0 Å². The molecule has 19 heavy (non-hydrogen) atoms. The molecule has 0 bridgehead atoms. The highest BCUT2D eigenvalue weighted by molar-refractivity contribution is 5.44. The zero-order valence-corrected chi connectivity index (χ0v) is 11.2. The lowest BCUT2D eigenvalue weighted by Crippen LogP contribution is -2.23. The van der Waals surface area contributed by atoms with E-state index in [9.17, 15) is 5.11 Å². The first-order valence-corrected chi connectivity index (χ1v) is 6.84. The molecular formula is C15H20O4. The van der Waals surface area contributed by atoms with Crippen molar-refractivity contribution in [2.45, 2.75) is 25.0 Å². The Bertz CT molecular complexity index is 442. The van der Waals surface area contributed by atoms with Crippen molar-refractivity contribution in [3.63, 3.8) is 0 Å². The molecule has 2 saturated heterocycles. The second-order valence-corrected chi connectivity index (χ2v) is 5.22. The molecule has 1 aromatic rings. The highest BCUT2D eigenvalue weighted by Gasteiger charge is 2.34. The fourth-order valence-corrected chi connectivity index (χ4v) is 2.83. The Hall–Kier alpha value is -1.10. The molecule has 0 radical (unpaired) electrons. The number of hydrogen-bond acceptors (Lipinski definition) is 4. The summed E-state index contributed by atoms with van der Waals surface area (Å²) in [7, 11) is 1.68. The Balaban J connectivity index is 1.90. The lowest BCUT2D eigenvalue weighted by molar-refractivity contribution is -0.0232. The summed E-state index contributed by atoms with van der Waals surface area (Å²) in [5.41, 5.74) is 2.27. The minimum atomic E-state index is 0.0419. The molecule has 1 N–H and O–H groups in total. The van der Waals surface area contributed by atoms with Crippen molar-refractivity contribution in [3.8, 4) is 5.75 Å². The molecule has 4 heteroatoms. The molecule has 3 rings (SSSR count). The molecule has 0 amide bonds. The van der Waals surface area contributed by atoms with E-state index >= 15 is 0 Å². The lowest BCUT2D eigenvalue weighted by atomic mass is 9.89. The summed E-state index contributed by atoms with van der Waals surface area (Å²) in [4.78, 5) is 0. The van der Waals surface area contributed by atoms with Crippen molar-refractivity contribution in [3.05, 3.63) is 29.3 Å². The van der Waals surface area contributed by atoms with E-state index in [4.69, 9.17) is 14.2 Å². The Morgan fingerprint density at radius 2 is 2.16 bits per heavy atom. The molecule has 2 aliphatic heterocycles. The number of benzene rings is 1. The number of epoxide rings is 1. The summed E-state index contributed by atoms with van der Waals surface area (Å²) >= 11 is 0. The Morgan fingerprint density at radius 1 is 1.32 bits per heavy atom. The highest BCUT2D eigenvalue weighted by Crippen LogP contribution is 2.43. The van der Waals surface area contributed by atoms with E-state index in [0.717, 1.165) is 36.3 Å². The van der Waals surface area contributed by atoms with Crippen LogP contribution in [-0.4, -0.2) is 32.0 Å². The molecule has 0 aromatic heterocycles. The summed E-state index contributed by atoms with van der Waals surface area (Å²) < 4.78 is 16.8. The van der Waals surface area contributed by atoms with Gasteiger partial charge in [0, 0.05) is 18.8 Å². The first-order chi connectivity index (χ1) is 9.33. The van der Waals surface area contributed by atoms with Crippen LogP contribution >= 0.6 is 0 Å². The second-order valence-electron chi connectivity index (χ2n) is 5.22. The maximum atomic E-state index is 9.34. The molecule has 2 fully saturated rings. The van der Waals surface area contributed by atoms with Gasteiger partial charge in [0.15, 0.2) is 0 Å². The average molecular weight is 264 g/mol. The fraction of sp³-hybridized carbons (Fsp3) is 0.600. The van der Waals surface area contributed by atoms with Gasteiger partial charge in [-0.1, -0.05) is 12.1 Å². The van der Waals surface area contributed by atoms with Crippen LogP contribution in [0.3, 0.4) is 0 Å². The molecular weight excluding hydrogens is 244 g/mol. The zero-order chi connectivity index (χ0) is 13.2. The predicted octanol–water partition coefficient (Wildman–Crippen LogP) is 2.23. The van der Waals surface area contributed by atoms with Crippen LogP contribution in [0.2, 0.25) is 0 Å². The molecule has 2 heterocycles. The molecule has 0 saturated carbocycles. The third-order valence-electron chi connectivity index (χ3n) is 3.97. The predicted molar refractivity (Wildman–Crippen MR) is 70.2 cm³/mol. The monoisotopic (exact) mass is 264 g/mol. The molecule has 4 nitrogen and oxygen atoms in total. The Morgan fingerprint density at radius 3 is 2.84 bits per heavy atom. The van der Waals surface area contributed by atoms with Gasteiger partial charge < -0.3 is 19.3 Å². The van der Waals surface area contributed by atoms with Gasteiger partial charge in [-0.3, -0.25) is 0 Å². The molecule has 3 unspecified atom stereocenters. The quantitative estimate of drug-likeness (QED) is 0.847. The van der Waals surface area contributed by atoms with E-state index < -0.39 is 0 Å². The lowest BCUT2D eigenvalue weighted by Gasteiger charge is -2.30. The van der Waals surface area contributed by atoms with Crippen molar-refractivity contribution in [2.75, 3.05) is 26.9 Å². The number of rotatable bonds is 4. The van der Waals surface area contributed by atoms with Gasteiger partial charge >= 0.3 is 0 Å². The smallest absolute Gasteiger partial charge is 0.125 e. The third kappa shape index (κ3) is 2.61. The standard InChI is InChI=1S/C15H20O4/c1-17-12-4-2-3-11(15(12)14-9-19-14)13-7-10(8-16)5-6-18-13/h2-4,10,13-14,16H,5-9H2,1H3. The number of hydrogen-bond donors (Lipinski definition) is 1. The van der Waals surface area contributed by atoms with Crippen LogP contribution in [-0.2, 0) is 9.47 Å². The van der Waals surface area contributed by atoms with E-state index in [1.54, 1.807) is 7.11 Å². The first-order valence-electron chi connectivity index (χ1n) is 6.84. The van der Waals surface area contributed by atoms with Crippen LogP contribution in [0.1, 0.15) is 36.2 Å². The first kappa shape index (κ1) is 12.9. The second kappa shape index (κ2) is 5.49. The summed E-state index contributed by atoms with van der Waals surface area (Å²) in [6, 6.07) is 6.04. The van der Waals surface area contributed by atoms with Crippen LogP contribution in [0, 0.1) is 5.92 Å². The van der Waals surface area contributed by atoms with E-state index in [2.05, 4.69) is 6.07 Å². The SMILES string of the molecule is COc1cccc(C2CC(CO)CCO2)c1C1CO1. The largest absolute Gasteiger partial charge is 0.496 e. The molecule has 1 aromatic carbocycles. The van der Waals surface area contributed by atoms with Gasteiger partial charge in [-0.15, -0.1) is 0 Å². The summed E-state index contributed by atoms with van der Waals surface area (Å²) in [6.45, 7) is 1.70. The third-order valence-corrected chi connectivity index (χ3v) is 3.97. The van der Waals surface area contributed by atoms with Gasteiger partial charge in [0.2, 0.25) is 0 Å². The van der Waals surface area contributed by atoms with Crippen molar-refractivity contribution in [1.29, 1.82) is 0 Å². The van der Waals surface area contributed by atoms with Crippen LogP contribution in [0.15, 0.2) is 18.2 Å². The van der Waals surface area contributed by atoms with Gasteiger partial charge in [-0.2, -0.15) is 0 Å². The van der Waals surface area contributed by atoms with Gasteiger partial charge in [0.05, 0.1) is 19.8 Å².